The molecule has 3 heterocycles. The van der Waals surface area contributed by atoms with Crippen LogP contribution in [0.4, 0.5) is 24.9 Å². The molecule has 5 rings (SSSR count). The van der Waals surface area contributed by atoms with Gasteiger partial charge in [-0.2, -0.15) is 13.2 Å². The van der Waals surface area contributed by atoms with Crippen LogP contribution in [0, 0.1) is 0 Å². The maximum absolute atomic E-state index is 12.9. The Kier molecular flexibility index (Phi) is 5.81. The molecule has 1 unspecified atom stereocenters. The molecular weight excluding hydrogens is 529 g/mol. The van der Waals surface area contributed by atoms with Gasteiger partial charge >= 0.3 is 12.2 Å². The van der Waals surface area contributed by atoms with E-state index in [1.807, 2.05) is 42.5 Å². The fourth-order valence-corrected chi connectivity index (χ4v) is 3.94. The lowest BCUT2D eigenvalue weighted by atomic mass is 10.0. The number of para-hydroxylation sites is 1. The Labute approximate surface area is 204 Å². The van der Waals surface area contributed by atoms with Crippen LogP contribution in [-0.4, -0.2) is 33.0 Å². The first kappa shape index (κ1) is 22.7. The van der Waals surface area contributed by atoms with Crippen LogP contribution in [0.3, 0.4) is 0 Å². The summed E-state index contributed by atoms with van der Waals surface area (Å²) in [5.74, 6) is -0.602. The third-order valence-corrected chi connectivity index (χ3v) is 5.65. The number of nitrogens with zero attached hydrogens (tertiary/aromatic N) is 4. The monoisotopic (exact) mass is 542 g/mol. The van der Waals surface area contributed by atoms with Gasteiger partial charge in [-0.3, -0.25) is 4.79 Å². The summed E-state index contributed by atoms with van der Waals surface area (Å²) >= 11 is 3.06. The number of carbonyl (C=O) groups excluding carboxylic acids is 1. The maximum atomic E-state index is 12.9. The zero-order valence-corrected chi connectivity index (χ0v) is 19.1. The topological polar surface area (TPSA) is 105 Å². The van der Waals surface area contributed by atoms with E-state index >= 15 is 0 Å². The van der Waals surface area contributed by atoms with Crippen molar-refractivity contribution in [3.8, 4) is 11.6 Å². The van der Waals surface area contributed by atoms with Gasteiger partial charge in [0.2, 0.25) is 6.17 Å². The van der Waals surface area contributed by atoms with E-state index in [1.54, 1.807) is 12.1 Å². The zero-order valence-electron chi connectivity index (χ0n) is 17.5. The van der Waals surface area contributed by atoms with Gasteiger partial charge in [-0.25, -0.2) is 9.98 Å². The molecule has 0 saturated carbocycles. The van der Waals surface area contributed by atoms with Crippen LogP contribution in [0.25, 0.3) is 11.6 Å². The molecule has 1 amide bonds. The van der Waals surface area contributed by atoms with Crippen molar-refractivity contribution >= 4 is 39.3 Å². The van der Waals surface area contributed by atoms with E-state index in [1.165, 1.54) is 0 Å². The molecule has 0 aliphatic carbocycles. The number of pyridine rings is 1. The number of nitrogens with one attached hydrogen (secondary N) is 2. The number of fused-ring (bicyclic) bond motifs is 1. The summed E-state index contributed by atoms with van der Waals surface area (Å²) in [6.45, 7) is 0. The molecular formula is C23H14BrF3N6O2. The number of halogens is 4. The SMILES string of the molecule is O=C1Nc2ccccc2C(c2ccccc2)=NC1Nc1nnc(-c2ncc(C(F)(F)F)cc2Br)o1. The van der Waals surface area contributed by atoms with Gasteiger partial charge in [-0.1, -0.05) is 53.6 Å². The van der Waals surface area contributed by atoms with Crippen LogP contribution in [0.1, 0.15) is 16.7 Å². The number of anilines is 2. The fourth-order valence-electron chi connectivity index (χ4n) is 3.43. The summed E-state index contributed by atoms with van der Waals surface area (Å²) in [7, 11) is 0. The Bertz CT molecular complexity index is 1440. The van der Waals surface area contributed by atoms with E-state index < -0.39 is 23.8 Å². The number of benzodiazepines with no additional fused rings is 1. The Morgan fingerprint density at radius 3 is 2.51 bits per heavy atom. The Balaban J connectivity index is 1.46. The fraction of sp³-hybridized carbons (Fsp3) is 0.0870. The maximum Gasteiger partial charge on any atom is 0.417 e. The highest BCUT2D eigenvalue weighted by Gasteiger charge is 2.32. The van der Waals surface area contributed by atoms with E-state index in [0.717, 1.165) is 17.2 Å². The highest BCUT2D eigenvalue weighted by atomic mass is 79.9. The number of amides is 1. The molecule has 2 aromatic heterocycles. The standard InChI is InChI=1S/C23H14BrF3N6O2/c24-15-10-13(23(25,26)27)11-28-18(15)21-32-33-22(35-21)31-19-20(34)29-16-9-5-4-8-14(16)17(30-19)12-6-2-1-3-7-12/h1-11,19H,(H,29,34)(H,31,33). The quantitative estimate of drug-likeness (QED) is 0.370. The smallest absolute Gasteiger partial charge is 0.402 e. The predicted octanol–water partition coefficient (Wildman–Crippen LogP) is 5.14. The van der Waals surface area contributed by atoms with Gasteiger partial charge in [0, 0.05) is 21.8 Å². The Hall–Kier alpha value is -4.06. The molecule has 4 aromatic rings. The van der Waals surface area contributed by atoms with Crippen molar-refractivity contribution < 1.29 is 22.4 Å². The van der Waals surface area contributed by atoms with E-state index in [4.69, 9.17) is 4.42 Å². The van der Waals surface area contributed by atoms with Crippen molar-refractivity contribution in [2.45, 2.75) is 12.3 Å². The normalized spacial score (nSPS) is 15.6. The highest BCUT2D eigenvalue weighted by Crippen LogP contribution is 2.34. The van der Waals surface area contributed by atoms with Crippen LogP contribution in [0.5, 0.6) is 0 Å². The van der Waals surface area contributed by atoms with Crippen molar-refractivity contribution in [3.05, 3.63) is 88.0 Å². The second kappa shape index (κ2) is 8.95. The second-order valence-electron chi connectivity index (χ2n) is 7.39. The molecule has 1 aliphatic rings. The zero-order chi connectivity index (χ0) is 24.6. The molecule has 2 N–H and O–H groups in total. The minimum Gasteiger partial charge on any atom is -0.402 e. The summed E-state index contributed by atoms with van der Waals surface area (Å²) in [5, 5.41) is 13.3. The molecule has 176 valence electrons. The van der Waals surface area contributed by atoms with E-state index in [2.05, 4.69) is 46.7 Å². The van der Waals surface area contributed by atoms with Crippen molar-refractivity contribution in [3.63, 3.8) is 0 Å². The summed E-state index contributed by atoms with van der Waals surface area (Å²) in [4.78, 5) is 21.3. The number of alkyl halides is 3. The van der Waals surface area contributed by atoms with Gasteiger partial charge < -0.3 is 15.1 Å². The van der Waals surface area contributed by atoms with Crippen molar-refractivity contribution in [2.24, 2.45) is 4.99 Å². The van der Waals surface area contributed by atoms with Gasteiger partial charge in [0.05, 0.1) is 17.0 Å². The lowest BCUT2D eigenvalue weighted by Crippen LogP contribution is -2.32. The number of benzene rings is 2. The molecule has 1 aliphatic heterocycles. The second-order valence-corrected chi connectivity index (χ2v) is 8.24. The average molecular weight is 543 g/mol. The molecule has 0 saturated heterocycles. The van der Waals surface area contributed by atoms with Crippen LogP contribution in [0.15, 0.2) is 80.7 Å². The molecule has 2 aromatic carbocycles. The number of hydrogen-bond acceptors (Lipinski definition) is 7. The minimum atomic E-state index is -4.55. The lowest BCUT2D eigenvalue weighted by Gasteiger charge is -2.11. The number of rotatable bonds is 4. The lowest BCUT2D eigenvalue weighted by molar-refractivity contribution is -0.137. The number of aromatic nitrogens is 3. The Morgan fingerprint density at radius 1 is 1.03 bits per heavy atom. The minimum absolute atomic E-state index is 0.0183. The van der Waals surface area contributed by atoms with E-state index in [-0.39, 0.29) is 22.1 Å². The van der Waals surface area contributed by atoms with E-state index in [9.17, 15) is 18.0 Å². The molecule has 12 heteroatoms. The van der Waals surface area contributed by atoms with Crippen molar-refractivity contribution in [1.82, 2.24) is 15.2 Å². The summed E-state index contributed by atoms with van der Waals surface area (Å²) < 4.78 is 44.3. The molecule has 0 fully saturated rings. The molecule has 0 bridgehead atoms. The molecule has 8 nitrogen and oxygen atoms in total. The van der Waals surface area contributed by atoms with Gasteiger partial charge in [0.1, 0.15) is 5.69 Å². The van der Waals surface area contributed by atoms with Gasteiger partial charge in [0.15, 0.2) is 0 Å². The first-order valence-corrected chi connectivity index (χ1v) is 11.0. The Morgan fingerprint density at radius 2 is 1.77 bits per heavy atom. The van der Waals surface area contributed by atoms with Crippen LogP contribution in [0.2, 0.25) is 0 Å². The van der Waals surface area contributed by atoms with Crippen LogP contribution in [-0.2, 0) is 11.0 Å². The number of hydrogen-bond donors (Lipinski definition) is 2. The number of carbonyl (C=O) groups is 1. The summed E-state index contributed by atoms with van der Waals surface area (Å²) in [5.41, 5.74) is 1.79. The highest BCUT2D eigenvalue weighted by molar-refractivity contribution is 9.10. The molecule has 0 spiro atoms. The molecule has 0 radical (unpaired) electrons. The van der Waals surface area contributed by atoms with Crippen LogP contribution >= 0.6 is 15.9 Å². The largest absolute Gasteiger partial charge is 0.417 e. The van der Waals surface area contributed by atoms with Gasteiger partial charge in [-0.15, -0.1) is 5.10 Å². The van der Waals surface area contributed by atoms with E-state index in [0.29, 0.717) is 17.6 Å². The summed E-state index contributed by atoms with van der Waals surface area (Å²) in [6.07, 6.45) is -5.01. The van der Waals surface area contributed by atoms with Gasteiger partial charge in [-0.05, 0) is 28.1 Å². The van der Waals surface area contributed by atoms with Crippen LogP contribution < -0.4 is 10.6 Å². The first-order chi connectivity index (χ1) is 16.8. The molecule has 35 heavy (non-hydrogen) atoms. The number of aliphatic imine (C=N–C) groups is 1. The van der Waals surface area contributed by atoms with Crippen molar-refractivity contribution in [1.29, 1.82) is 0 Å². The van der Waals surface area contributed by atoms with Crippen molar-refractivity contribution in [2.75, 3.05) is 10.6 Å². The average Bonchev–Trinajstić information content (AvgIpc) is 3.25. The predicted molar refractivity (Wildman–Crippen MR) is 125 cm³/mol. The third-order valence-electron chi connectivity index (χ3n) is 5.05. The first-order valence-electron chi connectivity index (χ1n) is 10.2. The van der Waals surface area contributed by atoms with Gasteiger partial charge in [0.25, 0.3) is 11.8 Å². The third kappa shape index (κ3) is 4.64. The molecule has 1 atom stereocenters. The summed E-state index contributed by atoms with van der Waals surface area (Å²) in [6, 6.07) is 17.3.